The van der Waals surface area contributed by atoms with Crippen molar-refractivity contribution in [1.82, 2.24) is 14.9 Å². The molecule has 1 aliphatic heterocycles. The maximum atomic E-state index is 13.5. The van der Waals surface area contributed by atoms with Gasteiger partial charge in [0.05, 0.1) is 11.5 Å². The monoisotopic (exact) mass is 505 g/mol. The molecule has 2 unspecified atom stereocenters. The third kappa shape index (κ3) is 5.28. The summed E-state index contributed by atoms with van der Waals surface area (Å²) in [6, 6.07) is 10.9. The van der Waals surface area contributed by atoms with Crippen molar-refractivity contribution < 1.29 is 18.0 Å². The number of H-pyrrole nitrogens is 1. The number of aromatic amines is 1. The van der Waals surface area contributed by atoms with Crippen molar-refractivity contribution in [2.45, 2.75) is 31.9 Å². The van der Waals surface area contributed by atoms with Gasteiger partial charge >= 0.3 is 6.18 Å². The lowest BCUT2D eigenvalue weighted by atomic mass is 9.82. The molecule has 0 radical (unpaired) electrons. The number of carbonyl (C=O) groups is 1. The molecule has 1 N–H and O–H groups in total. The molecule has 1 aliphatic carbocycles. The zero-order valence-corrected chi connectivity index (χ0v) is 20.3. The predicted octanol–water partition coefficient (Wildman–Crippen LogP) is 5.60. The number of aromatic nitrogens is 2. The highest BCUT2D eigenvalue weighted by molar-refractivity contribution is 5.99. The van der Waals surface area contributed by atoms with Crippen LogP contribution in [0.5, 0.6) is 0 Å². The molecule has 1 fully saturated rings. The van der Waals surface area contributed by atoms with Gasteiger partial charge in [-0.2, -0.15) is 13.2 Å². The molecule has 190 valence electrons. The number of allylic oxidation sites excluding steroid dienone is 3. The third-order valence-electron chi connectivity index (χ3n) is 7.07. The number of amides is 1. The fourth-order valence-electron chi connectivity index (χ4n) is 5.21. The molecule has 2 aliphatic rings. The van der Waals surface area contributed by atoms with Crippen molar-refractivity contribution in [2.24, 2.45) is 5.92 Å². The second-order valence-electron chi connectivity index (χ2n) is 9.65. The number of hydrogen-bond donors (Lipinski definition) is 1. The summed E-state index contributed by atoms with van der Waals surface area (Å²) in [4.78, 5) is 33.9. The SMILES string of the molecule is Cc1cc(C2=C(c3ccc(=O)[nH]c3)CC(C(=O)N3CCC(c4cccnc4)C3)C=C2)cc(C(F)(F)F)c1. The molecule has 0 spiro atoms. The smallest absolute Gasteiger partial charge is 0.342 e. The van der Waals surface area contributed by atoms with Crippen molar-refractivity contribution >= 4 is 17.1 Å². The molecule has 3 heterocycles. The van der Waals surface area contributed by atoms with Gasteiger partial charge in [0.25, 0.3) is 0 Å². The van der Waals surface area contributed by atoms with Crippen LogP contribution in [-0.4, -0.2) is 33.9 Å². The molecule has 5 nitrogen and oxygen atoms in total. The average Bonchev–Trinajstić information content (AvgIpc) is 3.38. The van der Waals surface area contributed by atoms with E-state index in [0.29, 0.717) is 41.8 Å². The Morgan fingerprint density at radius 3 is 2.68 bits per heavy atom. The van der Waals surface area contributed by atoms with Gasteiger partial charge in [0.15, 0.2) is 0 Å². The quantitative estimate of drug-likeness (QED) is 0.502. The standard InChI is InChI=1S/C29H26F3N3O2/c1-18-11-23(13-24(12-18)29(30,31)32)25-6-4-19(14-26(25)21-5-7-27(36)34-16-21)28(37)35-10-8-22(17-35)20-3-2-9-33-15-20/h2-7,9,11-13,15-16,19,22H,8,10,14,17H2,1H3,(H,34,36). The Hall–Kier alpha value is -3.94. The highest BCUT2D eigenvalue weighted by Gasteiger charge is 2.34. The molecule has 1 amide bonds. The van der Waals surface area contributed by atoms with Crippen LogP contribution < -0.4 is 5.56 Å². The van der Waals surface area contributed by atoms with Crippen LogP contribution >= 0.6 is 0 Å². The molecule has 0 saturated carbocycles. The summed E-state index contributed by atoms with van der Waals surface area (Å²) in [6.45, 7) is 2.87. The largest absolute Gasteiger partial charge is 0.416 e. The number of halogens is 3. The van der Waals surface area contributed by atoms with Crippen LogP contribution in [0.4, 0.5) is 13.2 Å². The van der Waals surface area contributed by atoms with Crippen LogP contribution in [0.3, 0.4) is 0 Å². The zero-order valence-electron chi connectivity index (χ0n) is 20.3. The van der Waals surface area contributed by atoms with Crippen LogP contribution in [0, 0.1) is 12.8 Å². The van der Waals surface area contributed by atoms with Gasteiger partial charge in [0, 0.05) is 43.7 Å². The maximum Gasteiger partial charge on any atom is 0.416 e. The molecule has 37 heavy (non-hydrogen) atoms. The summed E-state index contributed by atoms with van der Waals surface area (Å²) >= 11 is 0. The van der Waals surface area contributed by atoms with E-state index in [1.165, 1.54) is 6.07 Å². The molecule has 2 atom stereocenters. The molecular formula is C29H26F3N3O2. The van der Waals surface area contributed by atoms with Gasteiger partial charge in [0.1, 0.15) is 0 Å². The van der Waals surface area contributed by atoms with E-state index in [4.69, 9.17) is 0 Å². The minimum Gasteiger partial charge on any atom is -0.342 e. The lowest BCUT2D eigenvalue weighted by Crippen LogP contribution is -2.34. The summed E-state index contributed by atoms with van der Waals surface area (Å²) in [5.74, 6) is -0.239. The van der Waals surface area contributed by atoms with Gasteiger partial charge in [-0.3, -0.25) is 14.6 Å². The Labute approximate surface area is 212 Å². The number of likely N-dealkylation sites (tertiary alicyclic amines) is 1. The van der Waals surface area contributed by atoms with Crippen molar-refractivity contribution in [3.05, 3.63) is 111 Å². The lowest BCUT2D eigenvalue weighted by molar-refractivity contribution is -0.137. The van der Waals surface area contributed by atoms with E-state index in [1.54, 1.807) is 43.6 Å². The molecule has 2 aromatic heterocycles. The van der Waals surface area contributed by atoms with Crippen molar-refractivity contribution in [2.75, 3.05) is 13.1 Å². The number of benzene rings is 1. The van der Waals surface area contributed by atoms with Crippen molar-refractivity contribution in [3.8, 4) is 0 Å². The van der Waals surface area contributed by atoms with Crippen LogP contribution in [0.15, 0.2) is 78.0 Å². The first kappa shape index (κ1) is 24.7. The lowest BCUT2D eigenvalue weighted by Gasteiger charge is -2.27. The van der Waals surface area contributed by atoms with Crippen molar-refractivity contribution in [3.63, 3.8) is 0 Å². The number of nitrogens with zero attached hydrogens (tertiary/aromatic N) is 2. The first-order valence-electron chi connectivity index (χ1n) is 12.2. The summed E-state index contributed by atoms with van der Waals surface area (Å²) < 4.78 is 40.6. The molecule has 5 rings (SSSR count). The molecule has 0 bridgehead atoms. The predicted molar refractivity (Wildman–Crippen MR) is 135 cm³/mol. The Morgan fingerprint density at radius 1 is 1.14 bits per heavy atom. The number of nitrogens with one attached hydrogen (secondary N) is 1. The highest BCUT2D eigenvalue weighted by atomic mass is 19.4. The minimum atomic E-state index is -4.48. The summed E-state index contributed by atoms with van der Waals surface area (Å²) in [7, 11) is 0. The van der Waals surface area contributed by atoms with Gasteiger partial charge in [-0.15, -0.1) is 0 Å². The van der Waals surface area contributed by atoms with Crippen LogP contribution in [-0.2, 0) is 11.0 Å². The Morgan fingerprint density at radius 2 is 1.97 bits per heavy atom. The number of alkyl halides is 3. The number of pyridine rings is 2. The van der Waals surface area contributed by atoms with E-state index in [0.717, 1.165) is 29.7 Å². The maximum absolute atomic E-state index is 13.5. The molecule has 1 aromatic carbocycles. The van der Waals surface area contributed by atoms with E-state index in [2.05, 4.69) is 9.97 Å². The van der Waals surface area contributed by atoms with Crippen LogP contribution in [0.25, 0.3) is 11.1 Å². The molecular weight excluding hydrogens is 479 g/mol. The zero-order chi connectivity index (χ0) is 26.2. The van der Waals surface area contributed by atoms with E-state index < -0.39 is 17.7 Å². The van der Waals surface area contributed by atoms with Gasteiger partial charge in [-0.1, -0.05) is 24.3 Å². The fourth-order valence-corrected chi connectivity index (χ4v) is 5.21. The van der Waals surface area contributed by atoms with Gasteiger partial charge in [0.2, 0.25) is 11.5 Å². The fraction of sp³-hybridized carbons (Fsp3) is 0.276. The minimum absolute atomic E-state index is 0.0103. The number of rotatable bonds is 4. The van der Waals surface area contributed by atoms with Crippen LogP contribution in [0.1, 0.15) is 46.6 Å². The van der Waals surface area contributed by atoms with Gasteiger partial charge in [-0.05, 0) is 77.4 Å². The summed E-state index contributed by atoms with van der Waals surface area (Å²) in [5, 5.41) is 0. The number of hydrogen-bond acceptors (Lipinski definition) is 3. The molecule has 8 heteroatoms. The average molecular weight is 506 g/mol. The first-order valence-corrected chi connectivity index (χ1v) is 12.2. The summed E-state index contributed by atoms with van der Waals surface area (Å²) in [5.41, 5.74) is 3.02. The molecule has 1 saturated heterocycles. The Bertz CT molecular complexity index is 1420. The normalized spacial score (nSPS) is 19.9. The van der Waals surface area contributed by atoms with Gasteiger partial charge in [-0.25, -0.2) is 0 Å². The van der Waals surface area contributed by atoms with E-state index in [1.807, 2.05) is 23.2 Å². The molecule has 3 aromatic rings. The van der Waals surface area contributed by atoms with E-state index in [9.17, 15) is 22.8 Å². The topological polar surface area (TPSA) is 66.1 Å². The van der Waals surface area contributed by atoms with Crippen LogP contribution in [0.2, 0.25) is 0 Å². The second kappa shape index (κ2) is 9.84. The Balaban J connectivity index is 1.46. The van der Waals surface area contributed by atoms with Crippen molar-refractivity contribution in [1.29, 1.82) is 0 Å². The number of aryl methyl sites for hydroxylation is 1. The van der Waals surface area contributed by atoms with E-state index >= 15 is 0 Å². The summed E-state index contributed by atoms with van der Waals surface area (Å²) in [6.07, 6.45) is 5.34. The van der Waals surface area contributed by atoms with Gasteiger partial charge < -0.3 is 9.88 Å². The third-order valence-corrected chi connectivity index (χ3v) is 7.07. The second-order valence-corrected chi connectivity index (χ2v) is 9.65. The Kier molecular flexibility index (Phi) is 6.58. The number of carbonyl (C=O) groups excluding carboxylic acids is 1. The highest BCUT2D eigenvalue weighted by Crippen LogP contribution is 2.40. The first-order chi connectivity index (χ1) is 17.7. The van der Waals surface area contributed by atoms with E-state index in [-0.39, 0.29) is 17.4 Å².